The zero-order chi connectivity index (χ0) is 8.10. The number of hydrogen-bond acceptors (Lipinski definition) is 0. The van der Waals surface area contributed by atoms with Crippen LogP contribution in [0.15, 0.2) is 30.3 Å². The summed E-state index contributed by atoms with van der Waals surface area (Å²) in [5.74, 6) is 0.655. The van der Waals surface area contributed by atoms with E-state index in [0.29, 0.717) is 5.75 Å². The Bertz CT molecular complexity index is 238. The smallest absolute Gasteiger partial charge is 0.0406 e. The molecule has 57 valence electrons. The topological polar surface area (TPSA) is 0 Å². The SMILES string of the molecule is [S]C/C=C/c1ccc(Cl)cc1. The Morgan fingerprint density at radius 1 is 1.27 bits per heavy atom. The average molecular weight is 184 g/mol. The summed E-state index contributed by atoms with van der Waals surface area (Å²) in [5.41, 5.74) is 1.14. The second-order valence-corrected chi connectivity index (χ2v) is 2.89. The van der Waals surface area contributed by atoms with Gasteiger partial charge in [-0.2, -0.15) is 0 Å². The zero-order valence-corrected chi connectivity index (χ0v) is 7.53. The van der Waals surface area contributed by atoms with E-state index in [1.165, 1.54) is 0 Å². The molecule has 1 aromatic carbocycles. The molecule has 0 aliphatic carbocycles. The van der Waals surface area contributed by atoms with Crippen molar-refractivity contribution in [1.29, 1.82) is 0 Å². The van der Waals surface area contributed by atoms with E-state index in [2.05, 4.69) is 0 Å². The molecular formula is C9H8ClS. The summed E-state index contributed by atoms with van der Waals surface area (Å²) in [6.45, 7) is 0. The Hall–Kier alpha value is -0.400. The van der Waals surface area contributed by atoms with Crippen LogP contribution >= 0.6 is 24.2 Å². The highest BCUT2D eigenvalue weighted by Gasteiger charge is 1.85. The summed E-state index contributed by atoms with van der Waals surface area (Å²) in [6.07, 6.45) is 3.93. The van der Waals surface area contributed by atoms with Crippen LogP contribution in [-0.2, 0) is 0 Å². The molecular weight excluding hydrogens is 176 g/mol. The van der Waals surface area contributed by atoms with Gasteiger partial charge in [-0.3, -0.25) is 0 Å². The molecule has 0 N–H and O–H groups in total. The second-order valence-electron chi connectivity index (χ2n) is 2.12. The quantitative estimate of drug-likeness (QED) is 0.658. The fourth-order valence-electron chi connectivity index (χ4n) is 0.758. The lowest BCUT2D eigenvalue weighted by Gasteiger charge is -1.91. The van der Waals surface area contributed by atoms with Crippen LogP contribution in [0, 0.1) is 0 Å². The highest BCUT2D eigenvalue weighted by Crippen LogP contribution is 2.10. The van der Waals surface area contributed by atoms with Crippen LogP contribution in [0.25, 0.3) is 6.08 Å². The van der Waals surface area contributed by atoms with Crippen LogP contribution in [0.3, 0.4) is 0 Å². The van der Waals surface area contributed by atoms with Gasteiger partial charge in [-0.05, 0) is 17.7 Å². The van der Waals surface area contributed by atoms with E-state index < -0.39 is 0 Å². The Morgan fingerprint density at radius 2 is 1.91 bits per heavy atom. The average Bonchev–Trinajstić information content (AvgIpc) is 2.04. The molecule has 1 rings (SSSR count). The Kier molecular flexibility index (Phi) is 3.53. The third-order valence-electron chi connectivity index (χ3n) is 1.28. The molecule has 0 spiro atoms. The molecule has 0 amide bonds. The molecule has 0 aromatic heterocycles. The van der Waals surface area contributed by atoms with Crippen molar-refractivity contribution < 1.29 is 0 Å². The number of benzene rings is 1. The maximum atomic E-state index is 5.70. The van der Waals surface area contributed by atoms with Gasteiger partial charge in [0, 0.05) is 10.8 Å². The molecule has 1 aromatic rings. The van der Waals surface area contributed by atoms with Gasteiger partial charge in [0.25, 0.3) is 0 Å². The predicted octanol–water partition coefficient (Wildman–Crippen LogP) is 3.55. The summed E-state index contributed by atoms with van der Waals surface area (Å²) < 4.78 is 0. The third kappa shape index (κ3) is 3.00. The van der Waals surface area contributed by atoms with Crippen molar-refractivity contribution in [3.05, 3.63) is 40.9 Å². The minimum absolute atomic E-state index is 0.655. The predicted molar refractivity (Wildman–Crippen MR) is 52.9 cm³/mol. The van der Waals surface area contributed by atoms with Gasteiger partial charge in [-0.25, -0.2) is 0 Å². The monoisotopic (exact) mass is 183 g/mol. The van der Waals surface area contributed by atoms with E-state index in [4.69, 9.17) is 24.2 Å². The Balaban J connectivity index is 2.73. The van der Waals surface area contributed by atoms with Crippen molar-refractivity contribution in [3.63, 3.8) is 0 Å². The Morgan fingerprint density at radius 3 is 2.45 bits per heavy atom. The largest absolute Gasteiger partial charge is 0.0897 e. The van der Waals surface area contributed by atoms with Gasteiger partial charge in [0.1, 0.15) is 0 Å². The fourth-order valence-corrected chi connectivity index (χ4v) is 0.980. The summed E-state index contributed by atoms with van der Waals surface area (Å²) in [6, 6.07) is 7.66. The first-order valence-corrected chi connectivity index (χ1v) is 4.28. The van der Waals surface area contributed by atoms with Gasteiger partial charge in [0.2, 0.25) is 0 Å². The van der Waals surface area contributed by atoms with Crippen molar-refractivity contribution in [2.75, 3.05) is 5.75 Å². The van der Waals surface area contributed by atoms with Gasteiger partial charge >= 0.3 is 0 Å². The molecule has 2 heteroatoms. The van der Waals surface area contributed by atoms with Crippen LogP contribution < -0.4 is 0 Å². The van der Waals surface area contributed by atoms with Crippen LogP contribution in [0.2, 0.25) is 5.02 Å². The molecule has 11 heavy (non-hydrogen) atoms. The molecule has 0 fully saturated rings. The summed E-state index contributed by atoms with van der Waals surface area (Å²) >= 11 is 10.5. The fraction of sp³-hybridized carbons (Fsp3) is 0.111. The molecule has 0 saturated carbocycles. The van der Waals surface area contributed by atoms with Crippen molar-refractivity contribution in [1.82, 2.24) is 0 Å². The second kappa shape index (κ2) is 4.47. The Labute approximate surface area is 77.3 Å². The van der Waals surface area contributed by atoms with Crippen molar-refractivity contribution in [3.8, 4) is 0 Å². The number of rotatable bonds is 2. The standard InChI is InChI=1S/C9H8ClS/c10-9-5-3-8(4-6-9)2-1-7-11/h1-6H,7H2/b2-1+. The van der Waals surface area contributed by atoms with Gasteiger partial charge in [-0.15, -0.1) is 0 Å². The maximum absolute atomic E-state index is 5.70. The van der Waals surface area contributed by atoms with E-state index >= 15 is 0 Å². The molecule has 0 nitrogen and oxygen atoms in total. The molecule has 0 aliphatic rings. The molecule has 0 aliphatic heterocycles. The van der Waals surface area contributed by atoms with E-state index in [9.17, 15) is 0 Å². The highest BCUT2D eigenvalue weighted by molar-refractivity contribution is 7.80. The minimum Gasteiger partial charge on any atom is -0.0897 e. The lowest BCUT2D eigenvalue weighted by Crippen LogP contribution is -1.70. The van der Waals surface area contributed by atoms with E-state index in [-0.39, 0.29) is 0 Å². The summed E-state index contributed by atoms with van der Waals surface area (Å²) in [4.78, 5) is 0. The lowest BCUT2D eigenvalue weighted by molar-refractivity contribution is 1.65. The molecule has 0 bridgehead atoms. The van der Waals surface area contributed by atoms with Crippen molar-refractivity contribution in [2.24, 2.45) is 0 Å². The van der Waals surface area contributed by atoms with E-state index in [1.807, 2.05) is 36.4 Å². The maximum Gasteiger partial charge on any atom is 0.0406 e. The molecule has 0 unspecified atom stereocenters. The first-order valence-electron chi connectivity index (χ1n) is 3.33. The van der Waals surface area contributed by atoms with Crippen LogP contribution in [0.4, 0.5) is 0 Å². The highest BCUT2D eigenvalue weighted by atomic mass is 35.5. The van der Waals surface area contributed by atoms with Crippen molar-refractivity contribution in [2.45, 2.75) is 0 Å². The van der Waals surface area contributed by atoms with Crippen LogP contribution in [0.5, 0.6) is 0 Å². The first-order chi connectivity index (χ1) is 5.33. The lowest BCUT2D eigenvalue weighted by atomic mass is 10.2. The van der Waals surface area contributed by atoms with Crippen LogP contribution in [0.1, 0.15) is 5.56 Å². The molecule has 0 atom stereocenters. The van der Waals surface area contributed by atoms with E-state index in [1.54, 1.807) is 0 Å². The van der Waals surface area contributed by atoms with Gasteiger partial charge in [-0.1, -0.05) is 48.5 Å². The van der Waals surface area contributed by atoms with Crippen LogP contribution in [-0.4, -0.2) is 5.75 Å². The van der Waals surface area contributed by atoms with Gasteiger partial charge in [0.15, 0.2) is 0 Å². The summed E-state index contributed by atoms with van der Waals surface area (Å²) in [7, 11) is 0. The van der Waals surface area contributed by atoms with Gasteiger partial charge < -0.3 is 0 Å². The van der Waals surface area contributed by atoms with Crippen molar-refractivity contribution >= 4 is 30.3 Å². The number of hydrogen-bond donors (Lipinski definition) is 0. The number of halogens is 1. The molecule has 0 heterocycles. The normalized spacial score (nSPS) is 10.7. The molecule has 0 saturated heterocycles. The first kappa shape index (κ1) is 8.69. The third-order valence-corrected chi connectivity index (χ3v) is 1.72. The summed E-state index contributed by atoms with van der Waals surface area (Å²) in [5, 5.41) is 0.764. The zero-order valence-electron chi connectivity index (χ0n) is 5.96. The minimum atomic E-state index is 0.655. The molecule has 1 radical (unpaired) electrons. The van der Waals surface area contributed by atoms with Gasteiger partial charge in [0.05, 0.1) is 0 Å². The van der Waals surface area contributed by atoms with E-state index in [0.717, 1.165) is 10.6 Å².